The maximum absolute atomic E-state index is 6.01. The van der Waals surface area contributed by atoms with Gasteiger partial charge in [0.25, 0.3) is 0 Å². The first-order valence-electron chi connectivity index (χ1n) is 13.2. The summed E-state index contributed by atoms with van der Waals surface area (Å²) >= 11 is 6.01. The van der Waals surface area contributed by atoms with Gasteiger partial charge in [-0.05, 0) is 87.1 Å². The summed E-state index contributed by atoms with van der Waals surface area (Å²) in [5.41, 5.74) is 9.46. The number of hydrogen-bond donors (Lipinski definition) is 1. The van der Waals surface area contributed by atoms with Crippen LogP contribution in [-0.2, 0) is 4.74 Å². The summed E-state index contributed by atoms with van der Waals surface area (Å²) in [6.07, 6.45) is 1.86. The van der Waals surface area contributed by atoms with E-state index in [1.165, 1.54) is 33.9 Å². The third-order valence-corrected chi connectivity index (χ3v) is 8.23. The summed E-state index contributed by atoms with van der Waals surface area (Å²) in [6, 6.07) is 25.3. The summed E-state index contributed by atoms with van der Waals surface area (Å²) < 4.78 is 7.90. The van der Waals surface area contributed by atoms with Crippen molar-refractivity contribution in [1.29, 1.82) is 0 Å². The minimum Gasteiger partial charge on any atom is -0.378 e. The molecule has 0 aliphatic carbocycles. The molecule has 2 unspecified atom stereocenters. The smallest absolute Gasteiger partial charge is 0.174 e. The van der Waals surface area contributed by atoms with Crippen molar-refractivity contribution in [3.05, 3.63) is 107 Å². The zero-order valence-electron chi connectivity index (χ0n) is 22.1. The van der Waals surface area contributed by atoms with E-state index in [0.29, 0.717) is 5.11 Å². The Labute approximate surface area is 229 Å². The quantitative estimate of drug-likeness (QED) is 0.333. The number of ether oxygens (including phenoxy) is 1. The summed E-state index contributed by atoms with van der Waals surface area (Å²) in [5.74, 6) is 0. The van der Waals surface area contributed by atoms with E-state index in [-0.39, 0.29) is 12.1 Å². The minimum atomic E-state index is -0.0777. The zero-order chi connectivity index (χ0) is 26.2. The number of benzene rings is 2. The number of anilines is 2. The predicted molar refractivity (Wildman–Crippen MR) is 157 cm³/mol. The highest BCUT2D eigenvalue weighted by Gasteiger charge is 2.43. The van der Waals surface area contributed by atoms with E-state index >= 15 is 0 Å². The van der Waals surface area contributed by atoms with Gasteiger partial charge >= 0.3 is 0 Å². The summed E-state index contributed by atoms with van der Waals surface area (Å²) in [7, 11) is 0. The van der Waals surface area contributed by atoms with E-state index in [9.17, 15) is 0 Å². The standard InChI is InChI=1S/C31H33N5OS/c1-21-22(2)35(25-9-5-4-6-10-25)23(3)28(21)30-29(27-11-7-8-16-32-27)33-31(38)36(30)26-14-12-24(13-15-26)34-17-19-37-20-18-34/h4-16,29-30H,17-20H2,1-3H3,(H,33,38). The molecular formula is C31H33N5OS. The average molecular weight is 524 g/mol. The Hall–Kier alpha value is -3.68. The van der Waals surface area contributed by atoms with Gasteiger partial charge in [0.15, 0.2) is 5.11 Å². The van der Waals surface area contributed by atoms with E-state index in [1.54, 1.807) is 0 Å². The summed E-state index contributed by atoms with van der Waals surface area (Å²) in [6.45, 7) is 10.0. The van der Waals surface area contributed by atoms with Crippen LogP contribution in [0, 0.1) is 20.8 Å². The van der Waals surface area contributed by atoms with Crippen molar-refractivity contribution in [3.8, 4) is 5.69 Å². The Bertz CT molecular complexity index is 1430. The number of aromatic nitrogens is 2. The molecular weight excluding hydrogens is 490 g/mol. The Balaban J connectivity index is 1.46. The van der Waals surface area contributed by atoms with Gasteiger partial charge in [-0.2, -0.15) is 0 Å². The maximum Gasteiger partial charge on any atom is 0.174 e. The van der Waals surface area contributed by atoms with Crippen LogP contribution < -0.4 is 15.1 Å². The SMILES string of the molecule is Cc1c(C2C(c3ccccn3)NC(=S)N2c2ccc(N3CCOCC3)cc2)c(C)n(-c2ccccc2)c1C. The molecule has 0 spiro atoms. The normalized spacial score (nSPS) is 19.6. The largest absolute Gasteiger partial charge is 0.378 e. The monoisotopic (exact) mass is 523 g/mol. The summed E-state index contributed by atoms with van der Waals surface area (Å²) in [4.78, 5) is 9.40. The molecule has 4 heterocycles. The second-order valence-electron chi connectivity index (χ2n) is 9.99. The summed E-state index contributed by atoms with van der Waals surface area (Å²) in [5, 5.41) is 4.34. The topological polar surface area (TPSA) is 45.6 Å². The molecule has 7 heteroatoms. The van der Waals surface area contributed by atoms with Gasteiger partial charge in [0.1, 0.15) is 0 Å². The van der Waals surface area contributed by atoms with Crippen LogP contribution >= 0.6 is 12.2 Å². The van der Waals surface area contributed by atoms with Gasteiger partial charge in [0.2, 0.25) is 0 Å². The molecule has 6 nitrogen and oxygen atoms in total. The first-order chi connectivity index (χ1) is 18.5. The van der Waals surface area contributed by atoms with Gasteiger partial charge in [-0.15, -0.1) is 0 Å². The molecule has 0 radical (unpaired) electrons. The van der Waals surface area contributed by atoms with E-state index in [4.69, 9.17) is 21.9 Å². The zero-order valence-corrected chi connectivity index (χ0v) is 22.9. The average Bonchev–Trinajstić information content (AvgIpc) is 3.41. The molecule has 2 aliphatic rings. The van der Waals surface area contributed by atoms with Crippen LogP contribution in [0.3, 0.4) is 0 Å². The molecule has 2 aromatic heterocycles. The Morgan fingerprint density at radius 2 is 1.50 bits per heavy atom. The van der Waals surface area contributed by atoms with Gasteiger partial charge in [-0.25, -0.2) is 0 Å². The lowest BCUT2D eigenvalue weighted by atomic mass is 9.93. The Kier molecular flexibility index (Phi) is 6.64. The van der Waals surface area contributed by atoms with Crippen LogP contribution in [0.1, 0.15) is 40.3 Å². The molecule has 38 heavy (non-hydrogen) atoms. The highest BCUT2D eigenvalue weighted by molar-refractivity contribution is 7.80. The molecule has 4 aromatic rings. The van der Waals surface area contributed by atoms with Crippen LogP contribution in [-0.4, -0.2) is 41.0 Å². The second-order valence-corrected chi connectivity index (χ2v) is 10.4. The molecule has 0 saturated carbocycles. The number of hydrogen-bond acceptors (Lipinski definition) is 4. The molecule has 2 aliphatic heterocycles. The molecule has 2 aromatic carbocycles. The number of rotatable bonds is 5. The van der Waals surface area contributed by atoms with E-state index in [0.717, 1.165) is 37.7 Å². The first kappa shape index (κ1) is 24.6. The molecule has 0 amide bonds. The number of morpholine rings is 1. The fourth-order valence-electron chi connectivity index (χ4n) is 5.98. The lowest BCUT2D eigenvalue weighted by Crippen LogP contribution is -2.36. The van der Waals surface area contributed by atoms with Crippen LogP contribution in [0.15, 0.2) is 79.0 Å². The third kappa shape index (κ3) is 4.25. The molecule has 2 fully saturated rings. The highest BCUT2D eigenvalue weighted by Crippen LogP contribution is 2.45. The van der Waals surface area contributed by atoms with Gasteiger partial charge in [-0.1, -0.05) is 24.3 Å². The number of nitrogens with one attached hydrogen (secondary N) is 1. The van der Waals surface area contributed by atoms with Gasteiger partial charge < -0.3 is 24.4 Å². The van der Waals surface area contributed by atoms with E-state index in [1.807, 2.05) is 18.3 Å². The van der Waals surface area contributed by atoms with Crippen LogP contribution in [0.5, 0.6) is 0 Å². The van der Waals surface area contributed by atoms with Crippen molar-refractivity contribution in [2.45, 2.75) is 32.9 Å². The third-order valence-electron chi connectivity index (χ3n) is 7.92. The van der Waals surface area contributed by atoms with Crippen LogP contribution in [0.4, 0.5) is 11.4 Å². The lowest BCUT2D eigenvalue weighted by Gasteiger charge is -2.31. The second kappa shape index (κ2) is 10.2. The van der Waals surface area contributed by atoms with Crippen molar-refractivity contribution in [2.75, 3.05) is 36.1 Å². The molecule has 1 N–H and O–H groups in total. The first-order valence-corrected chi connectivity index (χ1v) is 13.6. The van der Waals surface area contributed by atoms with Crippen LogP contribution in [0.25, 0.3) is 5.69 Å². The van der Waals surface area contributed by atoms with Gasteiger partial charge in [0, 0.05) is 53.3 Å². The number of nitrogens with zero attached hydrogens (tertiary/aromatic N) is 4. The Morgan fingerprint density at radius 1 is 0.816 bits per heavy atom. The predicted octanol–water partition coefficient (Wildman–Crippen LogP) is 5.81. The van der Waals surface area contributed by atoms with E-state index < -0.39 is 0 Å². The number of para-hydroxylation sites is 1. The van der Waals surface area contributed by atoms with Gasteiger partial charge in [0.05, 0.1) is 31.0 Å². The fraction of sp³-hybridized carbons (Fsp3) is 0.290. The van der Waals surface area contributed by atoms with Crippen molar-refractivity contribution < 1.29 is 4.74 Å². The maximum atomic E-state index is 6.01. The molecule has 2 atom stereocenters. The highest BCUT2D eigenvalue weighted by atomic mass is 32.1. The van der Waals surface area contributed by atoms with Crippen molar-refractivity contribution in [3.63, 3.8) is 0 Å². The Morgan fingerprint density at radius 3 is 2.18 bits per heavy atom. The molecule has 0 bridgehead atoms. The van der Waals surface area contributed by atoms with Crippen molar-refractivity contribution >= 4 is 28.7 Å². The van der Waals surface area contributed by atoms with E-state index in [2.05, 4.69) is 101 Å². The van der Waals surface area contributed by atoms with Crippen molar-refractivity contribution in [2.24, 2.45) is 0 Å². The number of thiocarbonyl (C=S) groups is 1. The molecule has 2 saturated heterocycles. The van der Waals surface area contributed by atoms with Crippen molar-refractivity contribution in [1.82, 2.24) is 14.9 Å². The minimum absolute atomic E-state index is 0.0460. The number of pyridine rings is 1. The van der Waals surface area contributed by atoms with Crippen LogP contribution in [0.2, 0.25) is 0 Å². The molecule has 194 valence electrons. The molecule has 6 rings (SSSR count). The fourth-order valence-corrected chi connectivity index (χ4v) is 6.32. The van der Waals surface area contributed by atoms with Gasteiger partial charge in [-0.3, -0.25) is 4.98 Å². The lowest BCUT2D eigenvalue weighted by molar-refractivity contribution is 0.122.